The highest BCUT2D eigenvalue weighted by Gasteiger charge is 2.58. The Morgan fingerprint density at radius 1 is 1.15 bits per heavy atom. The van der Waals surface area contributed by atoms with E-state index in [1.54, 1.807) is 0 Å². The first-order chi connectivity index (χ1) is 18.7. The predicted molar refractivity (Wildman–Crippen MR) is 153 cm³/mol. The minimum atomic E-state index is -0.924. The molecule has 1 N–H and O–H groups in total. The number of likely N-dealkylation sites (tertiary alicyclic amines) is 1. The van der Waals surface area contributed by atoms with Gasteiger partial charge < -0.3 is 19.3 Å². The van der Waals surface area contributed by atoms with E-state index in [1.165, 1.54) is 14.2 Å². The molecule has 5 rings (SSSR count). The van der Waals surface area contributed by atoms with E-state index in [-0.39, 0.29) is 17.8 Å². The van der Waals surface area contributed by atoms with Gasteiger partial charge in [0, 0.05) is 5.92 Å². The van der Waals surface area contributed by atoms with Crippen LogP contribution in [-0.4, -0.2) is 54.8 Å². The van der Waals surface area contributed by atoms with Gasteiger partial charge in [0.15, 0.2) is 11.5 Å². The van der Waals surface area contributed by atoms with Crippen molar-refractivity contribution in [2.75, 3.05) is 20.8 Å². The Kier molecular flexibility index (Phi) is 7.82. The normalized spacial score (nSPS) is 24.6. The molecule has 8 nitrogen and oxygen atoms in total. The van der Waals surface area contributed by atoms with Gasteiger partial charge in [-0.05, 0) is 83.2 Å². The predicted octanol–water partition coefficient (Wildman–Crippen LogP) is 5.43. The maximum absolute atomic E-state index is 13.2. The number of hydrogen-bond donors (Lipinski definition) is 1. The van der Waals surface area contributed by atoms with Crippen molar-refractivity contribution in [1.82, 2.24) is 4.90 Å². The van der Waals surface area contributed by atoms with Crippen LogP contribution in [0.3, 0.4) is 0 Å². The molecule has 0 spiro atoms. The van der Waals surface area contributed by atoms with Crippen molar-refractivity contribution in [1.29, 1.82) is 0 Å². The average molecular weight is 643 g/mol. The largest absolute Gasteiger partial charge is 0.504 e. The van der Waals surface area contributed by atoms with Gasteiger partial charge in [0.25, 0.3) is 0 Å². The lowest BCUT2D eigenvalue weighted by molar-refractivity contribution is -0.137. The summed E-state index contributed by atoms with van der Waals surface area (Å²) in [5.41, 5.74) is 5.22. The molecular formula is C30H30INO7. The minimum absolute atomic E-state index is 0.116. The lowest BCUT2D eigenvalue weighted by atomic mass is 9.70. The van der Waals surface area contributed by atoms with Crippen molar-refractivity contribution in [3.05, 3.63) is 68.3 Å². The fourth-order valence-electron chi connectivity index (χ4n) is 6.17. The van der Waals surface area contributed by atoms with E-state index in [1.807, 2.05) is 37.3 Å². The van der Waals surface area contributed by atoms with Crippen molar-refractivity contribution in [2.24, 2.45) is 17.8 Å². The van der Waals surface area contributed by atoms with Crippen LogP contribution < -0.4 is 4.74 Å². The second-order valence-electron chi connectivity index (χ2n) is 10.1. The highest BCUT2D eigenvalue weighted by molar-refractivity contribution is 14.1. The number of methoxy groups -OCH3 is 2. The average Bonchev–Trinajstić information content (AvgIpc) is 3.47. The van der Waals surface area contributed by atoms with Gasteiger partial charge in [0.1, 0.15) is 0 Å². The Labute approximate surface area is 240 Å². The van der Waals surface area contributed by atoms with Gasteiger partial charge in [-0.2, -0.15) is 4.90 Å². The van der Waals surface area contributed by atoms with Crippen LogP contribution in [0, 0.1) is 21.3 Å². The topological polar surface area (TPSA) is 102 Å². The fourth-order valence-corrected chi connectivity index (χ4v) is 6.80. The Morgan fingerprint density at radius 2 is 1.90 bits per heavy atom. The zero-order chi connectivity index (χ0) is 27.8. The number of benzene rings is 2. The van der Waals surface area contributed by atoms with Crippen molar-refractivity contribution in [3.63, 3.8) is 0 Å². The molecule has 9 heteroatoms. The standard InChI is InChI=1S/C30H30INO7/c1-16-11-20-26(29(35)32(28(20)34)30(36)38-3)21-15-39-23(25(16)21)10-9-19(18-7-5-4-6-8-18)12-17-13-22(31)27(33)24(14-17)37-2/h4-8,12-14,20-21,23,26,33H,9-11,15H2,1-3H3/b19-12-/t20-,21+,23-,26-/m1/s1. The number of imide groups is 3. The summed E-state index contributed by atoms with van der Waals surface area (Å²) >= 11 is 2.09. The van der Waals surface area contributed by atoms with E-state index in [4.69, 9.17) is 14.2 Å². The van der Waals surface area contributed by atoms with Crippen molar-refractivity contribution in [2.45, 2.75) is 32.3 Å². The van der Waals surface area contributed by atoms with Crippen molar-refractivity contribution < 1.29 is 33.7 Å². The molecule has 0 radical (unpaired) electrons. The third-order valence-corrected chi connectivity index (χ3v) is 8.76. The van der Waals surface area contributed by atoms with E-state index in [0.717, 1.165) is 27.8 Å². The van der Waals surface area contributed by atoms with Gasteiger partial charge in [-0.15, -0.1) is 0 Å². The Balaban J connectivity index is 1.41. The number of aromatic hydroxyl groups is 1. The SMILES string of the molecule is COC(=O)N1C(=O)[C@@H]2[C@@H](CC(C)=C3[C@@H](CC/C(=C/c4cc(I)c(O)c(OC)c4)c4ccccc4)OC[C@@H]32)C1=O. The molecule has 2 aromatic carbocycles. The summed E-state index contributed by atoms with van der Waals surface area (Å²) in [4.78, 5) is 38.9. The van der Waals surface area contributed by atoms with Crippen LogP contribution in [0.15, 0.2) is 53.6 Å². The van der Waals surface area contributed by atoms with Crippen molar-refractivity contribution >= 4 is 52.1 Å². The summed E-state index contributed by atoms with van der Waals surface area (Å²) in [6, 6.07) is 13.8. The molecule has 0 saturated carbocycles. The van der Waals surface area contributed by atoms with Crippen LogP contribution in [-0.2, 0) is 19.1 Å². The number of nitrogens with zero attached hydrogens (tertiary/aromatic N) is 1. The maximum Gasteiger partial charge on any atom is 0.423 e. The number of ether oxygens (including phenoxy) is 3. The summed E-state index contributed by atoms with van der Waals surface area (Å²) < 4.78 is 17.0. The van der Waals surface area contributed by atoms with Gasteiger partial charge in [-0.3, -0.25) is 9.59 Å². The lowest BCUT2D eigenvalue weighted by Crippen LogP contribution is -2.37. The summed E-state index contributed by atoms with van der Waals surface area (Å²) in [6.45, 7) is 2.33. The molecule has 4 atom stereocenters. The lowest BCUT2D eigenvalue weighted by Gasteiger charge is -2.30. The number of halogens is 1. The molecule has 3 aliphatic rings. The van der Waals surface area contributed by atoms with Crippen LogP contribution in [0.2, 0.25) is 0 Å². The number of fused-ring (bicyclic) bond motifs is 3. The van der Waals surface area contributed by atoms with Gasteiger partial charge in [-0.1, -0.05) is 42.0 Å². The molecular weight excluding hydrogens is 613 g/mol. The van der Waals surface area contributed by atoms with E-state index in [0.29, 0.717) is 40.1 Å². The maximum atomic E-state index is 13.2. The van der Waals surface area contributed by atoms with Crippen LogP contribution in [0.25, 0.3) is 11.6 Å². The third kappa shape index (κ3) is 4.98. The smallest absolute Gasteiger partial charge is 0.423 e. The van der Waals surface area contributed by atoms with E-state index in [2.05, 4.69) is 40.8 Å². The number of hydrogen-bond acceptors (Lipinski definition) is 7. The Morgan fingerprint density at radius 3 is 2.59 bits per heavy atom. The molecule has 0 aromatic heterocycles. The zero-order valence-electron chi connectivity index (χ0n) is 22.0. The van der Waals surface area contributed by atoms with Crippen molar-refractivity contribution in [3.8, 4) is 11.5 Å². The van der Waals surface area contributed by atoms with E-state index >= 15 is 0 Å². The first-order valence-electron chi connectivity index (χ1n) is 12.8. The molecule has 2 saturated heterocycles. The van der Waals surface area contributed by atoms with Crippen LogP contribution >= 0.6 is 22.6 Å². The fraction of sp³-hybridized carbons (Fsp3) is 0.367. The van der Waals surface area contributed by atoms with E-state index in [9.17, 15) is 19.5 Å². The quantitative estimate of drug-likeness (QED) is 0.194. The molecule has 1 aliphatic carbocycles. The number of allylic oxidation sites excluding steroid dienone is 2. The molecule has 2 heterocycles. The molecule has 39 heavy (non-hydrogen) atoms. The molecule has 0 bridgehead atoms. The number of carbonyl (C=O) groups excluding carboxylic acids is 3. The number of phenols is 1. The molecule has 2 aliphatic heterocycles. The third-order valence-electron chi connectivity index (χ3n) is 7.94. The number of amides is 3. The first kappa shape index (κ1) is 27.4. The Bertz CT molecular complexity index is 1380. The van der Waals surface area contributed by atoms with Crippen LogP contribution in [0.5, 0.6) is 11.5 Å². The highest BCUT2D eigenvalue weighted by Crippen LogP contribution is 2.50. The number of carbonyl (C=O) groups is 3. The molecule has 0 unspecified atom stereocenters. The van der Waals surface area contributed by atoms with Crippen LogP contribution in [0.1, 0.15) is 37.3 Å². The second-order valence-corrected chi connectivity index (χ2v) is 11.3. The number of phenolic OH excluding ortho intramolecular Hbond substituents is 1. The van der Waals surface area contributed by atoms with Gasteiger partial charge in [-0.25, -0.2) is 4.79 Å². The summed E-state index contributed by atoms with van der Waals surface area (Å²) in [7, 11) is 2.70. The van der Waals surface area contributed by atoms with E-state index < -0.39 is 29.7 Å². The molecule has 2 aromatic rings. The molecule has 2 fully saturated rings. The number of rotatable bonds is 6. The van der Waals surface area contributed by atoms with Gasteiger partial charge >= 0.3 is 6.09 Å². The zero-order valence-corrected chi connectivity index (χ0v) is 24.1. The summed E-state index contributed by atoms with van der Waals surface area (Å²) in [5.74, 6) is -1.83. The Hall–Kier alpha value is -3.18. The minimum Gasteiger partial charge on any atom is -0.504 e. The first-order valence-corrected chi connectivity index (χ1v) is 13.9. The van der Waals surface area contributed by atoms with Gasteiger partial charge in [0.2, 0.25) is 11.8 Å². The monoisotopic (exact) mass is 643 g/mol. The summed E-state index contributed by atoms with van der Waals surface area (Å²) in [6.07, 6.45) is 2.81. The van der Waals surface area contributed by atoms with Crippen LogP contribution in [0.4, 0.5) is 4.79 Å². The second kappa shape index (κ2) is 11.1. The molecule has 3 amide bonds. The highest BCUT2D eigenvalue weighted by atomic mass is 127. The van der Waals surface area contributed by atoms with Gasteiger partial charge in [0.05, 0.1) is 42.3 Å². The molecule has 204 valence electrons. The summed E-state index contributed by atoms with van der Waals surface area (Å²) in [5, 5.41) is 10.3.